The third-order valence-electron chi connectivity index (χ3n) is 7.08. The Morgan fingerprint density at radius 3 is 1.41 bits per heavy atom. The van der Waals surface area contributed by atoms with Crippen LogP contribution in [-0.2, 0) is 4.57 Å². The van der Waals surface area contributed by atoms with Crippen molar-refractivity contribution in [3.05, 3.63) is 12.2 Å². The van der Waals surface area contributed by atoms with Crippen molar-refractivity contribution >= 4 is 8.03 Å². The molecule has 0 saturated carbocycles. The van der Waals surface area contributed by atoms with Gasteiger partial charge in [0.1, 0.15) is 0 Å². The van der Waals surface area contributed by atoms with Crippen molar-refractivity contribution in [1.29, 1.82) is 0 Å². The molecule has 0 heterocycles. The minimum atomic E-state index is -2.42. The molecule has 0 aromatic carbocycles. The monoisotopic (exact) mass is 470 g/mol. The highest BCUT2D eigenvalue weighted by molar-refractivity contribution is 7.38. The van der Waals surface area contributed by atoms with Crippen LogP contribution in [0.1, 0.15) is 142 Å². The Morgan fingerprint density at radius 1 is 0.625 bits per heavy atom. The maximum Gasteiger partial charge on any atom is 0.376 e. The first kappa shape index (κ1) is 31.8. The Kier molecular flexibility index (Phi) is 20.0. The predicted molar refractivity (Wildman–Crippen MR) is 141 cm³/mol. The average molecular weight is 471 g/mol. The molecular formula is C28H57NO2P+. The lowest BCUT2D eigenvalue weighted by Crippen LogP contribution is -2.55. The highest BCUT2D eigenvalue weighted by Gasteiger charge is 2.53. The van der Waals surface area contributed by atoms with E-state index in [9.17, 15) is 9.46 Å². The number of rotatable bonds is 23. The van der Waals surface area contributed by atoms with Crippen molar-refractivity contribution in [1.82, 2.24) is 0 Å². The SMILES string of the molecule is CCCCCCCCC=CCCCCCCCCCCCC(CCC)([P+](=O)[O-])[N+](C)(C)C. The molecule has 0 saturated heterocycles. The summed E-state index contributed by atoms with van der Waals surface area (Å²) in [6.45, 7) is 4.37. The summed E-state index contributed by atoms with van der Waals surface area (Å²) in [6.07, 6.45) is 29.6. The van der Waals surface area contributed by atoms with E-state index in [1.54, 1.807) is 0 Å². The fraction of sp³-hybridized carbons (Fsp3) is 0.929. The zero-order valence-electron chi connectivity index (χ0n) is 22.5. The van der Waals surface area contributed by atoms with Crippen molar-refractivity contribution in [2.24, 2.45) is 0 Å². The predicted octanol–water partition coefficient (Wildman–Crippen LogP) is 8.89. The summed E-state index contributed by atoms with van der Waals surface area (Å²) >= 11 is 0. The smallest absolute Gasteiger partial charge is 0.376 e. The number of nitrogens with zero attached hydrogens (tertiary/aromatic N) is 1. The highest BCUT2D eigenvalue weighted by Crippen LogP contribution is 2.45. The van der Waals surface area contributed by atoms with Gasteiger partial charge in [-0.05, 0) is 38.5 Å². The summed E-state index contributed by atoms with van der Waals surface area (Å²) in [4.78, 5) is 12.1. The Bertz CT molecular complexity index is 473. The molecule has 0 N–H and O–H groups in total. The van der Waals surface area contributed by atoms with E-state index in [1.165, 1.54) is 96.3 Å². The first-order valence-corrected chi connectivity index (χ1v) is 15.1. The van der Waals surface area contributed by atoms with Crippen molar-refractivity contribution in [3.63, 3.8) is 0 Å². The van der Waals surface area contributed by atoms with Gasteiger partial charge in [0, 0.05) is 12.8 Å². The maximum atomic E-state index is 12.1. The largest absolute Gasteiger partial charge is 0.590 e. The summed E-state index contributed by atoms with van der Waals surface area (Å²) in [5.41, 5.74) is 0. The van der Waals surface area contributed by atoms with Gasteiger partial charge in [-0.3, -0.25) is 4.48 Å². The lowest BCUT2D eigenvalue weighted by Gasteiger charge is -2.39. The molecule has 2 atom stereocenters. The van der Waals surface area contributed by atoms with Gasteiger partial charge in [-0.15, -0.1) is 0 Å². The first-order valence-electron chi connectivity index (χ1n) is 13.9. The van der Waals surface area contributed by atoms with E-state index in [0.29, 0.717) is 4.48 Å². The lowest BCUT2D eigenvalue weighted by molar-refractivity contribution is -0.910. The molecule has 2 unspecified atom stereocenters. The fourth-order valence-corrected chi connectivity index (χ4v) is 6.05. The van der Waals surface area contributed by atoms with E-state index in [-0.39, 0.29) is 0 Å². The molecule has 4 heteroatoms. The van der Waals surface area contributed by atoms with Crippen molar-refractivity contribution in [2.75, 3.05) is 21.1 Å². The summed E-state index contributed by atoms with van der Waals surface area (Å²) < 4.78 is 12.6. The van der Waals surface area contributed by atoms with Gasteiger partial charge in [0.2, 0.25) is 0 Å². The summed E-state index contributed by atoms with van der Waals surface area (Å²) in [7, 11) is 3.68. The normalized spacial score (nSPS) is 14.8. The van der Waals surface area contributed by atoms with E-state index in [4.69, 9.17) is 0 Å². The minimum Gasteiger partial charge on any atom is -0.590 e. The fourth-order valence-electron chi connectivity index (χ4n) is 4.81. The quantitative estimate of drug-likeness (QED) is 0.0647. The third kappa shape index (κ3) is 14.8. The van der Waals surface area contributed by atoms with Gasteiger partial charge in [0.15, 0.2) is 0 Å². The molecule has 3 nitrogen and oxygen atoms in total. The van der Waals surface area contributed by atoms with Crippen LogP contribution in [0.5, 0.6) is 0 Å². The molecule has 0 aliphatic rings. The summed E-state index contributed by atoms with van der Waals surface area (Å²) in [6, 6.07) is 0. The van der Waals surface area contributed by atoms with E-state index in [1.807, 2.05) is 21.1 Å². The van der Waals surface area contributed by atoms with Gasteiger partial charge in [-0.25, -0.2) is 0 Å². The standard InChI is InChI=1S/C28H57NO2P/c1-6-8-9-10-11-12-13-14-15-16-17-18-19-20-21-22-23-24-25-27-28(26-7-2,32(30)31)29(3,4)5/h14-15H,6-13,16-27H2,1-5H3/q+1. The second-order valence-corrected chi connectivity index (χ2v) is 12.1. The number of quaternary nitrogens is 1. The van der Waals surface area contributed by atoms with E-state index in [0.717, 1.165) is 32.1 Å². The molecule has 0 aromatic rings. The molecule has 0 radical (unpaired) electrons. The molecule has 0 aliphatic heterocycles. The molecule has 0 rings (SSSR count). The second-order valence-electron chi connectivity index (χ2n) is 10.8. The van der Waals surface area contributed by atoms with Gasteiger partial charge in [0.05, 0.1) is 21.1 Å². The number of allylic oxidation sites excluding steroid dienone is 2. The molecule has 0 aromatic heterocycles. The van der Waals surface area contributed by atoms with Crippen LogP contribution >= 0.6 is 8.03 Å². The van der Waals surface area contributed by atoms with Crippen LogP contribution in [-0.4, -0.2) is 30.9 Å². The third-order valence-corrected chi connectivity index (χ3v) is 8.80. The van der Waals surface area contributed by atoms with Crippen LogP contribution in [0.4, 0.5) is 0 Å². The Labute approximate surface area is 202 Å². The molecule has 0 spiro atoms. The molecule has 190 valence electrons. The topological polar surface area (TPSA) is 40.1 Å². The van der Waals surface area contributed by atoms with Crippen LogP contribution in [0, 0.1) is 0 Å². The zero-order chi connectivity index (χ0) is 24.1. The van der Waals surface area contributed by atoms with Gasteiger partial charge in [-0.1, -0.05) is 108 Å². The minimum absolute atomic E-state index is 0.522. The van der Waals surface area contributed by atoms with Crippen molar-refractivity contribution in [2.45, 2.75) is 148 Å². The molecular weight excluding hydrogens is 413 g/mol. The maximum absolute atomic E-state index is 12.1. The van der Waals surface area contributed by atoms with E-state index < -0.39 is 13.3 Å². The molecule has 0 amide bonds. The molecule has 0 bridgehead atoms. The lowest BCUT2D eigenvalue weighted by atomic mass is 9.99. The van der Waals surface area contributed by atoms with Crippen molar-refractivity contribution in [3.8, 4) is 0 Å². The van der Waals surface area contributed by atoms with Crippen LogP contribution in [0.3, 0.4) is 0 Å². The van der Waals surface area contributed by atoms with Crippen molar-refractivity contribution < 1.29 is 13.9 Å². The van der Waals surface area contributed by atoms with Crippen LogP contribution in [0.25, 0.3) is 0 Å². The van der Waals surface area contributed by atoms with Gasteiger partial charge in [-0.2, -0.15) is 0 Å². The molecule has 0 fully saturated rings. The Hall–Kier alpha value is -0.240. The zero-order valence-corrected chi connectivity index (χ0v) is 23.4. The van der Waals surface area contributed by atoms with Gasteiger partial charge >= 0.3 is 8.03 Å². The van der Waals surface area contributed by atoms with Crippen LogP contribution in [0.15, 0.2) is 12.2 Å². The van der Waals surface area contributed by atoms with Crippen LogP contribution < -0.4 is 4.89 Å². The summed E-state index contributed by atoms with van der Waals surface area (Å²) in [5.74, 6) is 0. The Morgan fingerprint density at radius 2 is 1.03 bits per heavy atom. The molecule has 0 aliphatic carbocycles. The average Bonchev–Trinajstić information content (AvgIpc) is 2.73. The van der Waals surface area contributed by atoms with E-state index in [2.05, 4.69) is 26.0 Å². The van der Waals surface area contributed by atoms with Crippen LogP contribution in [0.2, 0.25) is 0 Å². The number of hydrogen-bond acceptors (Lipinski definition) is 2. The number of unbranched alkanes of at least 4 members (excludes halogenated alkanes) is 15. The van der Waals surface area contributed by atoms with Gasteiger partial charge < -0.3 is 4.89 Å². The second kappa shape index (κ2) is 20.2. The Balaban J connectivity index is 3.63. The van der Waals surface area contributed by atoms with E-state index >= 15 is 0 Å². The molecule has 32 heavy (non-hydrogen) atoms. The summed E-state index contributed by atoms with van der Waals surface area (Å²) in [5, 5.41) is -0.590. The van der Waals surface area contributed by atoms with Gasteiger partial charge in [0.25, 0.3) is 5.28 Å². The number of hydrogen-bond donors (Lipinski definition) is 0. The first-order chi connectivity index (χ1) is 15.3. The highest BCUT2D eigenvalue weighted by atomic mass is 31.1.